The van der Waals surface area contributed by atoms with Crippen molar-refractivity contribution >= 4 is 41.0 Å². The molecule has 4 aromatic carbocycles. The molecule has 0 bridgehead atoms. The molecule has 16 heteroatoms. The van der Waals surface area contributed by atoms with Crippen molar-refractivity contribution in [2.24, 2.45) is 16.6 Å². The molecule has 5 aromatic rings. The maximum Gasteiger partial charge on any atom is 0.312 e. The van der Waals surface area contributed by atoms with E-state index in [1.54, 1.807) is 24.3 Å². The second-order valence-corrected chi connectivity index (χ2v) is 15.9. The van der Waals surface area contributed by atoms with Crippen molar-refractivity contribution in [1.29, 1.82) is 0 Å². The minimum Gasteiger partial charge on any atom is -0.481 e. The lowest BCUT2D eigenvalue weighted by Crippen LogP contribution is -2.44. The average Bonchev–Trinajstić information content (AvgIpc) is 4.02. The largest absolute Gasteiger partial charge is 0.481 e. The quantitative estimate of drug-likeness (QED) is 0.0754. The normalized spacial score (nSPS) is 19.7. The zero-order chi connectivity index (χ0) is 42.2. The van der Waals surface area contributed by atoms with E-state index in [1.807, 2.05) is 36.4 Å². The first kappa shape index (κ1) is 43.3. The van der Waals surface area contributed by atoms with Crippen molar-refractivity contribution in [2.45, 2.75) is 50.6 Å². The number of nitrogens with zero attached hydrogens (tertiary/aromatic N) is 2. The molecule has 12 nitrogen and oxygen atoms in total. The van der Waals surface area contributed by atoms with Crippen LogP contribution >= 0.6 is 23.2 Å². The van der Waals surface area contributed by atoms with Crippen LogP contribution in [0.3, 0.4) is 0 Å². The standard InChI is InChI=1S/C23H22ClFN4O4.C20H21ClFNO3/c24-16-5-6-19(25)18(10-16)15-3-1-14(2-4-15)9-17(27-21(30)20-12-26-29-28-20)11-23(22(31)32)7-8-33-13-23;21-15-5-6-18(22)17(10-15)14-3-1-13(2-4-14)9-16(23)11-20(19(24)25)7-8-26-12-20/h1-6,10,12,17H,7-9,11,13H2,(H,27,30)(H,31,32)(H,26,28,29);1-6,10,16H,7-9,11-12,23H2,(H,24,25)/t17-,23?;16-,20?/m11/s1. The topological polar surface area (TPSA) is 190 Å². The SMILES string of the molecule is N[C@H](Cc1ccc(-c2cc(Cl)ccc2F)cc1)CC1(C(=O)O)CCOC1.O=C(N[C@H](Cc1ccc(-c2cc(Cl)ccc2F)cc1)CC1(C(=O)O)CCOC1)c1cn[nH]n1. The van der Waals surface area contributed by atoms with Gasteiger partial charge in [0, 0.05) is 46.5 Å². The molecule has 0 aliphatic carbocycles. The number of carboxylic acid groups (broad SMARTS) is 2. The monoisotopic (exact) mass is 849 g/mol. The van der Waals surface area contributed by atoms with Gasteiger partial charge in [0.2, 0.25) is 0 Å². The molecule has 4 atom stereocenters. The third kappa shape index (κ3) is 10.9. The fourth-order valence-corrected chi connectivity index (χ4v) is 7.85. The maximum absolute atomic E-state index is 14.2. The third-order valence-electron chi connectivity index (χ3n) is 10.8. The summed E-state index contributed by atoms with van der Waals surface area (Å²) >= 11 is 11.9. The summed E-state index contributed by atoms with van der Waals surface area (Å²) in [6.45, 7) is 1.11. The Kier molecular flexibility index (Phi) is 14.1. The summed E-state index contributed by atoms with van der Waals surface area (Å²) in [5.74, 6) is -2.96. The molecule has 2 aliphatic rings. The number of hydrogen-bond acceptors (Lipinski definition) is 8. The van der Waals surface area contributed by atoms with E-state index >= 15 is 0 Å². The summed E-state index contributed by atoms with van der Waals surface area (Å²) in [6.07, 6.45) is 3.63. The molecule has 0 spiro atoms. The summed E-state index contributed by atoms with van der Waals surface area (Å²) in [4.78, 5) is 36.2. The lowest BCUT2D eigenvalue weighted by Gasteiger charge is -2.28. The highest BCUT2D eigenvalue weighted by molar-refractivity contribution is 6.31. The minimum atomic E-state index is -1.08. The second kappa shape index (κ2) is 19.2. The fourth-order valence-electron chi connectivity index (χ4n) is 7.50. The van der Waals surface area contributed by atoms with Gasteiger partial charge in [-0.2, -0.15) is 15.4 Å². The molecule has 0 radical (unpaired) electrons. The van der Waals surface area contributed by atoms with Gasteiger partial charge < -0.3 is 30.7 Å². The van der Waals surface area contributed by atoms with Crippen molar-refractivity contribution in [3.05, 3.63) is 130 Å². The van der Waals surface area contributed by atoms with Gasteiger partial charge in [-0.1, -0.05) is 71.7 Å². The number of halogens is 4. The number of hydrogen-bond donors (Lipinski definition) is 5. The summed E-state index contributed by atoms with van der Waals surface area (Å²) < 4.78 is 38.8. The Bertz CT molecular complexity index is 2230. The van der Waals surface area contributed by atoms with Crippen LogP contribution in [0.15, 0.2) is 91.1 Å². The first-order chi connectivity index (χ1) is 28.3. The number of carboxylic acids is 2. The molecule has 6 N–H and O–H groups in total. The molecule has 2 unspecified atom stereocenters. The average molecular weight is 851 g/mol. The first-order valence-corrected chi connectivity index (χ1v) is 19.6. The first-order valence-electron chi connectivity index (χ1n) is 18.9. The van der Waals surface area contributed by atoms with E-state index in [2.05, 4.69) is 20.7 Å². The Morgan fingerprint density at radius 3 is 1.69 bits per heavy atom. The van der Waals surface area contributed by atoms with Gasteiger partial charge in [0.05, 0.1) is 30.2 Å². The van der Waals surface area contributed by atoms with Crippen molar-refractivity contribution < 1.29 is 42.9 Å². The Hall–Kier alpha value is -5.25. The molecular formula is C43H43Cl2F2N5O7. The van der Waals surface area contributed by atoms with E-state index in [4.69, 9.17) is 38.4 Å². The Morgan fingerprint density at radius 1 is 0.763 bits per heavy atom. The van der Waals surface area contributed by atoms with Gasteiger partial charge in [0.15, 0.2) is 5.69 Å². The number of carbonyl (C=O) groups is 3. The van der Waals surface area contributed by atoms with Crippen LogP contribution < -0.4 is 11.1 Å². The van der Waals surface area contributed by atoms with Crippen LogP contribution in [-0.4, -0.2) is 82.0 Å². The maximum atomic E-state index is 14.2. The zero-order valence-electron chi connectivity index (χ0n) is 31.8. The van der Waals surface area contributed by atoms with Crippen LogP contribution in [0.1, 0.15) is 47.3 Å². The molecule has 3 heterocycles. The zero-order valence-corrected chi connectivity index (χ0v) is 33.3. The molecule has 2 saturated heterocycles. The fraction of sp³-hybridized carbons (Fsp3) is 0.326. The second-order valence-electron chi connectivity index (χ2n) is 15.0. The highest BCUT2D eigenvalue weighted by Gasteiger charge is 2.45. The summed E-state index contributed by atoms with van der Waals surface area (Å²) in [6, 6.07) is 22.6. The molecule has 2 aliphatic heterocycles. The molecule has 59 heavy (non-hydrogen) atoms. The molecule has 1 aromatic heterocycles. The van der Waals surface area contributed by atoms with Crippen LogP contribution in [0.4, 0.5) is 8.78 Å². The highest BCUT2D eigenvalue weighted by atomic mass is 35.5. The number of aliphatic carboxylic acids is 2. The molecule has 310 valence electrons. The lowest BCUT2D eigenvalue weighted by molar-refractivity contribution is -0.150. The van der Waals surface area contributed by atoms with Gasteiger partial charge in [-0.05, 0) is 97.2 Å². The van der Waals surface area contributed by atoms with E-state index in [9.17, 15) is 33.4 Å². The number of nitrogens with one attached hydrogen (secondary N) is 2. The molecule has 7 rings (SSSR count). The van der Waals surface area contributed by atoms with Crippen LogP contribution in [-0.2, 0) is 31.9 Å². The number of aromatic amines is 1. The lowest BCUT2D eigenvalue weighted by atomic mass is 9.79. The van der Waals surface area contributed by atoms with Crippen molar-refractivity contribution in [1.82, 2.24) is 20.7 Å². The number of aromatic nitrogens is 3. The number of carbonyl (C=O) groups excluding carboxylic acids is 1. The van der Waals surface area contributed by atoms with Gasteiger partial charge >= 0.3 is 11.9 Å². The summed E-state index contributed by atoms with van der Waals surface area (Å²) in [5.41, 5.74) is 8.40. The summed E-state index contributed by atoms with van der Waals surface area (Å²) in [7, 11) is 0. The number of H-pyrrole nitrogens is 1. The van der Waals surface area contributed by atoms with Crippen LogP contribution in [0, 0.1) is 22.5 Å². The molecular weight excluding hydrogens is 807 g/mol. The predicted octanol–water partition coefficient (Wildman–Crippen LogP) is 7.38. The predicted molar refractivity (Wildman–Crippen MR) is 217 cm³/mol. The van der Waals surface area contributed by atoms with Gasteiger partial charge in [0.25, 0.3) is 5.91 Å². The minimum absolute atomic E-state index is 0.0889. The third-order valence-corrected chi connectivity index (χ3v) is 11.2. The molecule has 2 fully saturated rings. The van der Waals surface area contributed by atoms with E-state index in [1.165, 1.54) is 30.5 Å². The van der Waals surface area contributed by atoms with E-state index in [-0.39, 0.29) is 43.0 Å². The highest BCUT2D eigenvalue weighted by Crippen LogP contribution is 2.36. The number of nitrogens with two attached hydrogens (primary N) is 1. The number of ether oxygens (including phenoxy) is 2. The van der Waals surface area contributed by atoms with E-state index in [0.717, 1.165) is 16.7 Å². The summed E-state index contributed by atoms with van der Waals surface area (Å²) in [5, 5.41) is 33.0. The van der Waals surface area contributed by atoms with Gasteiger partial charge in [-0.15, -0.1) is 0 Å². The van der Waals surface area contributed by atoms with Crippen molar-refractivity contribution in [3.8, 4) is 22.3 Å². The smallest absolute Gasteiger partial charge is 0.312 e. The van der Waals surface area contributed by atoms with Crippen LogP contribution in [0.2, 0.25) is 10.0 Å². The molecule has 0 saturated carbocycles. The van der Waals surface area contributed by atoms with Gasteiger partial charge in [-0.25, -0.2) is 8.78 Å². The van der Waals surface area contributed by atoms with Crippen molar-refractivity contribution in [2.75, 3.05) is 26.4 Å². The van der Waals surface area contributed by atoms with Gasteiger partial charge in [-0.3, -0.25) is 14.4 Å². The van der Waals surface area contributed by atoms with Crippen molar-refractivity contribution in [3.63, 3.8) is 0 Å². The van der Waals surface area contributed by atoms with Crippen LogP contribution in [0.25, 0.3) is 22.3 Å². The van der Waals surface area contributed by atoms with E-state index < -0.39 is 34.7 Å². The Labute approximate surface area is 349 Å². The Morgan fingerprint density at radius 2 is 1.25 bits per heavy atom. The molecule has 1 amide bonds. The van der Waals surface area contributed by atoms with Crippen LogP contribution in [0.5, 0.6) is 0 Å². The van der Waals surface area contributed by atoms with Gasteiger partial charge in [0.1, 0.15) is 11.6 Å². The van der Waals surface area contributed by atoms with E-state index in [0.29, 0.717) is 72.1 Å². The number of benzene rings is 4. The Balaban J connectivity index is 0.000000204. The number of rotatable bonds is 14. The number of amides is 1.